The van der Waals surface area contributed by atoms with Gasteiger partial charge in [-0.3, -0.25) is 4.79 Å². The Morgan fingerprint density at radius 1 is 1.15 bits per heavy atom. The van der Waals surface area contributed by atoms with Gasteiger partial charge in [-0.15, -0.1) is 10.2 Å². The lowest BCUT2D eigenvalue weighted by atomic mass is 10.1. The van der Waals surface area contributed by atoms with Gasteiger partial charge in [-0.05, 0) is 50.6 Å². The molecule has 1 N–H and O–H groups in total. The highest BCUT2D eigenvalue weighted by molar-refractivity contribution is 7.91. The van der Waals surface area contributed by atoms with Crippen molar-refractivity contribution in [3.63, 3.8) is 0 Å². The lowest BCUT2D eigenvalue weighted by molar-refractivity contribution is -0.130. The number of fused-ring (bicyclic) bond motifs is 1. The molecule has 0 bridgehead atoms. The average molecular weight is 619 g/mol. The number of ether oxygens (including phenoxy) is 1. The normalized spacial score (nSPS) is 17.1. The minimum atomic E-state index is -4.68. The molecule has 1 aromatic heterocycles. The van der Waals surface area contributed by atoms with Gasteiger partial charge in [-0.25, -0.2) is 17.6 Å². The second kappa shape index (κ2) is 10.9. The van der Waals surface area contributed by atoms with Crippen molar-refractivity contribution in [2.75, 3.05) is 10.7 Å². The van der Waals surface area contributed by atoms with Crippen LogP contribution in [0.3, 0.4) is 0 Å². The van der Waals surface area contributed by atoms with Crippen LogP contribution < -0.4 is 10.2 Å². The molecule has 4 rings (SSSR count). The van der Waals surface area contributed by atoms with Gasteiger partial charge in [-0.1, -0.05) is 23.7 Å². The van der Waals surface area contributed by atoms with Gasteiger partial charge in [0, 0.05) is 5.02 Å². The number of nitrogens with zero attached hydrogens (tertiary/aromatic N) is 3. The summed E-state index contributed by atoms with van der Waals surface area (Å²) in [5, 5.41) is 9.37. The fraction of sp³-hybridized carbons (Fsp3) is 0.360. The first-order valence-electron chi connectivity index (χ1n) is 11.9. The zero-order valence-electron chi connectivity index (χ0n) is 21.8. The standard InChI is InChI=1S/C25H23ClF4N4O6S/c1-24(2,3)40-23(36)31-16-12-41(37,38)17-9-8-15(21-33-32-18(39-21)10-25(28,29)30)19(27)20(17)34(22(16)35)11-13-4-6-14(26)7-5-13/h4-9,16H,10-12H2,1-3H3,(H,31,36)/t16-/m0/s1. The Labute approximate surface area is 236 Å². The molecule has 2 aromatic carbocycles. The number of hydrogen-bond donors (Lipinski definition) is 1. The van der Waals surface area contributed by atoms with E-state index in [4.69, 9.17) is 20.8 Å². The number of alkyl halides is 3. The number of benzene rings is 2. The van der Waals surface area contributed by atoms with Crippen molar-refractivity contribution in [1.29, 1.82) is 0 Å². The van der Waals surface area contributed by atoms with Gasteiger partial charge < -0.3 is 19.4 Å². The van der Waals surface area contributed by atoms with Crippen LogP contribution >= 0.6 is 11.6 Å². The Hall–Kier alpha value is -3.72. The van der Waals surface area contributed by atoms with Crippen LogP contribution in [0.2, 0.25) is 5.02 Å². The monoisotopic (exact) mass is 618 g/mol. The van der Waals surface area contributed by atoms with Gasteiger partial charge >= 0.3 is 12.3 Å². The molecular weight excluding hydrogens is 596 g/mol. The first kappa shape index (κ1) is 30.2. The number of carbonyl (C=O) groups excluding carboxylic acids is 2. The van der Waals surface area contributed by atoms with Crippen molar-refractivity contribution >= 4 is 39.1 Å². The lowest BCUT2D eigenvalue weighted by Crippen LogP contribution is -2.51. The van der Waals surface area contributed by atoms with Crippen LogP contribution in [0.15, 0.2) is 45.7 Å². The molecule has 0 fully saturated rings. The number of carbonyl (C=O) groups is 2. The summed E-state index contributed by atoms with van der Waals surface area (Å²) in [6.45, 7) is 4.33. The fourth-order valence-corrected chi connectivity index (χ4v) is 5.72. The van der Waals surface area contributed by atoms with E-state index in [0.29, 0.717) is 10.6 Å². The summed E-state index contributed by atoms with van der Waals surface area (Å²) in [5.74, 6) is -4.73. The Balaban J connectivity index is 1.84. The van der Waals surface area contributed by atoms with E-state index in [-0.39, 0.29) is 6.54 Å². The van der Waals surface area contributed by atoms with Crippen LogP contribution in [0, 0.1) is 5.82 Å². The summed E-state index contributed by atoms with van der Waals surface area (Å²) in [6.07, 6.45) is -7.32. The topological polar surface area (TPSA) is 132 Å². The van der Waals surface area contributed by atoms with E-state index in [9.17, 15) is 31.2 Å². The van der Waals surface area contributed by atoms with E-state index in [1.54, 1.807) is 20.8 Å². The molecule has 0 spiro atoms. The second-order valence-electron chi connectivity index (χ2n) is 10.1. The maximum Gasteiger partial charge on any atom is 0.408 e. The van der Waals surface area contributed by atoms with Gasteiger partial charge in [-0.2, -0.15) is 13.2 Å². The Morgan fingerprint density at radius 3 is 2.41 bits per heavy atom. The van der Waals surface area contributed by atoms with Gasteiger partial charge in [0.15, 0.2) is 15.7 Å². The molecule has 16 heteroatoms. The first-order valence-corrected chi connectivity index (χ1v) is 14.0. The molecule has 0 saturated carbocycles. The smallest absolute Gasteiger partial charge is 0.408 e. The minimum absolute atomic E-state index is 0.364. The van der Waals surface area contributed by atoms with Crippen LogP contribution in [0.5, 0.6) is 0 Å². The van der Waals surface area contributed by atoms with Crippen molar-refractivity contribution in [2.45, 2.75) is 56.5 Å². The molecule has 3 aromatic rings. The number of alkyl carbamates (subject to hydrolysis) is 1. The number of anilines is 1. The molecule has 0 saturated heterocycles. The van der Waals surface area contributed by atoms with E-state index in [1.807, 2.05) is 0 Å². The molecule has 1 aliphatic heterocycles. The molecule has 220 valence electrons. The van der Waals surface area contributed by atoms with Gasteiger partial charge in [0.2, 0.25) is 5.89 Å². The summed E-state index contributed by atoms with van der Waals surface area (Å²) in [6, 6.07) is 6.29. The Kier molecular flexibility index (Phi) is 8.06. The Bertz CT molecular complexity index is 1590. The van der Waals surface area contributed by atoms with Crippen molar-refractivity contribution < 1.29 is 44.7 Å². The Morgan fingerprint density at radius 2 is 1.80 bits per heavy atom. The summed E-state index contributed by atoms with van der Waals surface area (Å²) in [4.78, 5) is 26.5. The van der Waals surface area contributed by atoms with Gasteiger partial charge in [0.25, 0.3) is 11.8 Å². The van der Waals surface area contributed by atoms with Crippen LogP contribution in [-0.2, 0) is 32.3 Å². The number of halogens is 5. The number of amides is 2. The third-order valence-electron chi connectivity index (χ3n) is 5.63. The van der Waals surface area contributed by atoms with E-state index in [2.05, 4.69) is 15.5 Å². The highest BCUT2D eigenvalue weighted by Crippen LogP contribution is 2.39. The predicted molar refractivity (Wildman–Crippen MR) is 137 cm³/mol. The summed E-state index contributed by atoms with van der Waals surface area (Å²) < 4.78 is 91.4. The molecule has 2 heterocycles. The van der Waals surface area contributed by atoms with Crippen molar-refractivity contribution in [2.24, 2.45) is 0 Å². The molecule has 2 amide bonds. The molecule has 41 heavy (non-hydrogen) atoms. The van der Waals surface area contributed by atoms with Crippen LogP contribution in [0.4, 0.5) is 28.0 Å². The molecule has 1 atom stereocenters. The number of nitrogens with one attached hydrogen (secondary N) is 1. The molecule has 1 aliphatic rings. The maximum absolute atomic E-state index is 16.2. The zero-order valence-corrected chi connectivity index (χ0v) is 23.3. The number of sulfone groups is 1. The molecule has 10 nitrogen and oxygen atoms in total. The highest BCUT2D eigenvalue weighted by Gasteiger charge is 2.42. The summed E-state index contributed by atoms with van der Waals surface area (Å²) in [7, 11) is -4.43. The minimum Gasteiger partial charge on any atom is -0.444 e. The largest absolute Gasteiger partial charge is 0.444 e. The second-order valence-corrected chi connectivity index (χ2v) is 12.5. The molecule has 0 aliphatic carbocycles. The predicted octanol–water partition coefficient (Wildman–Crippen LogP) is 4.85. The highest BCUT2D eigenvalue weighted by atomic mass is 35.5. The van der Waals surface area contributed by atoms with Gasteiger partial charge in [0.1, 0.15) is 18.1 Å². The van der Waals surface area contributed by atoms with Crippen molar-refractivity contribution in [3.8, 4) is 11.5 Å². The molecule has 0 radical (unpaired) electrons. The third-order valence-corrected chi connectivity index (χ3v) is 7.65. The van der Waals surface area contributed by atoms with Crippen molar-refractivity contribution in [1.82, 2.24) is 15.5 Å². The van der Waals surface area contributed by atoms with Crippen molar-refractivity contribution in [3.05, 3.63) is 58.7 Å². The number of hydrogen-bond acceptors (Lipinski definition) is 8. The van der Waals surface area contributed by atoms with Crippen LogP contribution in [0.25, 0.3) is 11.5 Å². The average Bonchev–Trinajstić information content (AvgIpc) is 3.25. The van der Waals surface area contributed by atoms with E-state index < -0.39 is 85.6 Å². The quantitative estimate of drug-likeness (QED) is 0.402. The first-order chi connectivity index (χ1) is 18.9. The molecular formula is C25H23ClF4N4O6S. The third kappa shape index (κ3) is 7.14. The lowest BCUT2D eigenvalue weighted by Gasteiger charge is -2.27. The number of rotatable bonds is 5. The van der Waals surface area contributed by atoms with E-state index in [1.165, 1.54) is 24.3 Å². The number of aromatic nitrogens is 2. The molecule has 0 unspecified atom stereocenters. The zero-order chi connectivity index (χ0) is 30.3. The van der Waals surface area contributed by atoms with Gasteiger partial charge in [0.05, 0.1) is 28.4 Å². The van der Waals surface area contributed by atoms with E-state index >= 15 is 4.39 Å². The van der Waals surface area contributed by atoms with E-state index in [0.717, 1.165) is 17.0 Å². The summed E-state index contributed by atoms with van der Waals surface area (Å²) >= 11 is 5.94. The fourth-order valence-electron chi connectivity index (χ4n) is 3.98. The van der Waals surface area contributed by atoms with Crippen LogP contribution in [0.1, 0.15) is 32.2 Å². The van der Waals surface area contributed by atoms with Crippen LogP contribution in [-0.4, -0.2) is 54.2 Å². The SMILES string of the molecule is CC(C)(C)OC(=O)N[C@H]1CS(=O)(=O)c2ccc(-c3nnc(CC(F)(F)F)o3)c(F)c2N(Cc2ccc(Cl)cc2)C1=O. The summed E-state index contributed by atoms with van der Waals surface area (Å²) in [5.41, 5.74) is -1.79. The maximum atomic E-state index is 16.2.